The second-order valence-corrected chi connectivity index (χ2v) is 9.82. The SMILES string of the molecule is CC1C[C@@H]2N(C)C(=O)CC[C@]2(C)C2CC[C@]3(C)C[C@@H](O)CC3C12. The number of rotatable bonds is 0. The Morgan fingerprint density at radius 2 is 1.91 bits per heavy atom. The summed E-state index contributed by atoms with van der Waals surface area (Å²) in [6, 6.07) is 0.427. The molecule has 0 radical (unpaired) electrons. The van der Waals surface area contributed by atoms with Crippen molar-refractivity contribution in [3.05, 3.63) is 0 Å². The molecule has 0 aromatic rings. The van der Waals surface area contributed by atoms with Gasteiger partial charge in [0.15, 0.2) is 0 Å². The Balaban J connectivity index is 1.70. The van der Waals surface area contributed by atoms with Crippen molar-refractivity contribution in [3.8, 4) is 0 Å². The number of fused-ring (bicyclic) bond motifs is 5. The summed E-state index contributed by atoms with van der Waals surface area (Å²) in [5.41, 5.74) is 0.642. The lowest BCUT2D eigenvalue weighted by atomic mass is 9.45. The number of carbonyl (C=O) groups excluding carboxylic acids is 1. The Hall–Kier alpha value is -0.570. The summed E-state index contributed by atoms with van der Waals surface area (Å²) in [6.45, 7) is 7.32. The zero-order valence-corrected chi connectivity index (χ0v) is 15.2. The van der Waals surface area contributed by atoms with E-state index in [9.17, 15) is 9.90 Å². The molecular formula is C20H33NO2. The smallest absolute Gasteiger partial charge is 0.222 e. The Labute approximate surface area is 140 Å². The molecule has 3 nitrogen and oxygen atoms in total. The van der Waals surface area contributed by atoms with Crippen LogP contribution in [0.5, 0.6) is 0 Å². The second kappa shape index (κ2) is 4.97. The fourth-order valence-corrected chi connectivity index (χ4v) is 7.49. The average Bonchev–Trinajstić information content (AvgIpc) is 2.80. The second-order valence-electron chi connectivity index (χ2n) is 9.82. The van der Waals surface area contributed by atoms with Crippen LogP contribution in [0.1, 0.15) is 65.7 Å². The molecule has 1 saturated heterocycles. The molecule has 4 aliphatic rings. The molecule has 3 aliphatic carbocycles. The summed E-state index contributed by atoms with van der Waals surface area (Å²) in [7, 11) is 2.03. The molecule has 4 unspecified atom stereocenters. The van der Waals surface area contributed by atoms with Crippen molar-refractivity contribution in [2.45, 2.75) is 77.9 Å². The predicted molar refractivity (Wildman–Crippen MR) is 90.7 cm³/mol. The van der Waals surface area contributed by atoms with Crippen molar-refractivity contribution >= 4 is 5.91 Å². The molecule has 1 aliphatic heterocycles. The van der Waals surface area contributed by atoms with Crippen LogP contribution in [0.25, 0.3) is 0 Å². The van der Waals surface area contributed by atoms with Crippen molar-refractivity contribution in [1.82, 2.24) is 4.90 Å². The minimum atomic E-state index is -0.0860. The van der Waals surface area contributed by atoms with Crippen LogP contribution in [0, 0.1) is 34.5 Å². The largest absolute Gasteiger partial charge is 0.393 e. The lowest BCUT2D eigenvalue weighted by molar-refractivity contribution is -0.164. The first-order valence-electron chi connectivity index (χ1n) is 9.70. The molecule has 8 atom stereocenters. The standard InChI is InChI=1S/C20H33NO2/c1-12-9-16-20(3,8-6-17(23)21(16)4)14-5-7-19(2)11-13(22)10-15(19)18(12)14/h12-16,18,22H,5-11H2,1-4H3/t12?,13-,14?,15?,16-,18?,19+,20+/m0/s1. The first kappa shape index (κ1) is 15.9. The van der Waals surface area contributed by atoms with E-state index in [0.29, 0.717) is 29.2 Å². The summed E-state index contributed by atoms with van der Waals surface area (Å²) in [6.07, 6.45) is 7.45. The molecule has 130 valence electrons. The van der Waals surface area contributed by atoms with Crippen LogP contribution >= 0.6 is 0 Å². The number of hydrogen-bond donors (Lipinski definition) is 1. The van der Waals surface area contributed by atoms with Gasteiger partial charge in [-0.15, -0.1) is 0 Å². The van der Waals surface area contributed by atoms with Crippen molar-refractivity contribution in [3.63, 3.8) is 0 Å². The maximum Gasteiger partial charge on any atom is 0.222 e. The third-order valence-corrected chi connectivity index (χ3v) is 8.68. The Morgan fingerprint density at radius 3 is 2.65 bits per heavy atom. The van der Waals surface area contributed by atoms with E-state index in [2.05, 4.69) is 25.7 Å². The van der Waals surface area contributed by atoms with E-state index in [1.807, 2.05) is 7.05 Å². The van der Waals surface area contributed by atoms with Crippen molar-refractivity contribution < 1.29 is 9.90 Å². The summed E-state index contributed by atoms with van der Waals surface area (Å²) in [5, 5.41) is 10.3. The van der Waals surface area contributed by atoms with Crippen LogP contribution in [-0.4, -0.2) is 35.1 Å². The van der Waals surface area contributed by atoms with Crippen molar-refractivity contribution in [1.29, 1.82) is 0 Å². The normalized spacial score (nSPS) is 56.0. The van der Waals surface area contributed by atoms with Crippen LogP contribution in [0.3, 0.4) is 0 Å². The van der Waals surface area contributed by atoms with E-state index in [1.165, 1.54) is 12.8 Å². The molecule has 23 heavy (non-hydrogen) atoms. The van der Waals surface area contributed by atoms with Crippen molar-refractivity contribution in [2.75, 3.05) is 7.05 Å². The van der Waals surface area contributed by atoms with Gasteiger partial charge >= 0.3 is 0 Å². The van der Waals surface area contributed by atoms with E-state index >= 15 is 0 Å². The number of aliphatic hydroxyl groups is 1. The number of aliphatic hydroxyl groups excluding tert-OH is 1. The maximum absolute atomic E-state index is 12.2. The number of hydrogen-bond acceptors (Lipinski definition) is 2. The Morgan fingerprint density at radius 1 is 1.17 bits per heavy atom. The topological polar surface area (TPSA) is 40.5 Å². The maximum atomic E-state index is 12.2. The van der Waals surface area contributed by atoms with E-state index < -0.39 is 0 Å². The van der Waals surface area contributed by atoms with Gasteiger partial charge in [-0.25, -0.2) is 0 Å². The van der Waals surface area contributed by atoms with Gasteiger partial charge in [-0.05, 0) is 73.0 Å². The highest BCUT2D eigenvalue weighted by Crippen LogP contribution is 2.65. The van der Waals surface area contributed by atoms with Crippen LogP contribution in [0.2, 0.25) is 0 Å². The van der Waals surface area contributed by atoms with Crippen molar-refractivity contribution in [2.24, 2.45) is 34.5 Å². The van der Waals surface area contributed by atoms with E-state index in [-0.39, 0.29) is 11.5 Å². The van der Waals surface area contributed by atoms with Gasteiger partial charge in [-0.3, -0.25) is 4.79 Å². The molecule has 0 aromatic heterocycles. The van der Waals surface area contributed by atoms with Gasteiger partial charge in [0.05, 0.1) is 6.10 Å². The quantitative estimate of drug-likeness (QED) is 0.743. The fraction of sp³-hybridized carbons (Fsp3) is 0.950. The molecular weight excluding hydrogens is 286 g/mol. The Kier molecular flexibility index (Phi) is 3.44. The molecule has 1 N–H and O–H groups in total. The minimum absolute atomic E-state index is 0.0860. The molecule has 0 spiro atoms. The van der Waals surface area contributed by atoms with Gasteiger partial charge < -0.3 is 10.0 Å². The third kappa shape index (κ3) is 2.08. The number of nitrogens with zero attached hydrogens (tertiary/aromatic N) is 1. The minimum Gasteiger partial charge on any atom is -0.393 e. The zero-order chi connectivity index (χ0) is 16.6. The average molecular weight is 319 g/mol. The lowest BCUT2D eigenvalue weighted by Gasteiger charge is -2.63. The highest BCUT2D eigenvalue weighted by Gasteiger charge is 2.61. The molecule has 4 rings (SSSR count). The monoisotopic (exact) mass is 319 g/mol. The third-order valence-electron chi connectivity index (χ3n) is 8.68. The molecule has 0 bridgehead atoms. The lowest BCUT2D eigenvalue weighted by Crippen LogP contribution is -2.62. The van der Waals surface area contributed by atoms with Crippen LogP contribution in [0.4, 0.5) is 0 Å². The summed E-state index contributed by atoms with van der Waals surface area (Å²) >= 11 is 0. The zero-order valence-electron chi connectivity index (χ0n) is 15.2. The predicted octanol–water partition coefficient (Wildman–Crippen LogP) is 3.46. The van der Waals surface area contributed by atoms with Crippen LogP contribution in [-0.2, 0) is 4.79 Å². The first-order valence-corrected chi connectivity index (χ1v) is 9.70. The van der Waals surface area contributed by atoms with Gasteiger partial charge in [-0.1, -0.05) is 20.8 Å². The van der Waals surface area contributed by atoms with E-state index in [1.54, 1.807) is 0 Å². The van der Waals surface area contributed by atoms with Gasteiger partial charge in [-0.2, -0.15) is 0 Å². The number of piperidine rings is 1. The highest BCUT2D eigenvalue weighted by molar-refractivity contribution is 5.77. The van der Waals surface area contributed by atoms with Gasteiger partial charge in [0.2, 0.25) is 5.91 Å². The highest BCUT2D eigenvalue weighted by atomic mass is 16.3. The number of carbonyl (C=O) groups is 1. The Bertz CT molecular complexity index is 520. The van der Waals surface area contributed by atoms with Gasteiger partial charge in [0.1, 0.15) is 0 Å². The molecule has 1 amide bonds. The van der Waals surface area contributed by atoms with E-state index in [4.69, 9.17) is 0 Å². The van der Waals surface area contributed by atoms with Crippen LogP contribution < -0.4 is 0 Å². The summed E-state index contributed by atoms with van der Waals surface area (Å²) < 4.78 is 0. The molecule has 3 saturated carbocycles. The van der Waals surface area contributed by atoms with E-state index in [0.717, 1.165) is 43.9 Å². The van der Waals surface area contributed by atoms with Gasteiger partial charge in [0, 0.05) is 19.5 Å². The summed E-state index contributed by atoms with van der Waals surface area (Å²) in [5.74, 6) is 3.17. The fourth-order valence-electron chi connectivity index (χ4n) is 7.49. The number of likely N-dealkylation sites (tertiary alicyclic amines) is 1. The molecule has 4 fully saturated rings. The molecule has 3 heteroatoms. The molecule has 1 heterocycles. The molecule has 0 aromatic carbocycles. The first-order chi connectivity index (χ1) is 10.8. The summed E-state index contributed by atoms with van der Waals surface area (Å²) in [4.78, 5) is 14.3. The van der Waals surface area contributed by atoms with Crippen LogP contribution in [0.15, 0.2) is 0 Å². The van der Waals surface area contributed by atoms with Gasteiger partial charge in [0.25, 0.3) is 0 Å². The number of amides is 1.